The van der Waals surface area contributed by atoms with Gasteiger partial charge in [0.25, 0.3) is 0 Å². The van der Waals surface area contributed by atoms with Crippen molar-refractivity contribution in [3.63, 3.8) is 0 Å². The molecule has 1 N–H and O–H groups in total. The predicted octanol–water partition coefficient (Wildman–Crippen LogP) is 2.28. The van der Waals surface area contributed by atoms with Crippen LogP contribution < -0.4 is 10.8 Å². The highest BCUT2D eigenvalue weighted by Crippen LogP contribution is 2.36. The van der Waals surface area contributed by atoms with Gasteiger partial charge in [0, 0.05) is 19.5 Å². The van der Waals surface area contributed by atoms with E-state index in [1.54, 1.807) is 25.7 Å². The standard InChI is InChI=1S/C24H37BN2O6/c1-22(2,3)31-21(29)26-19(20(28)27-12-14-30-15-13-27)16-17-8-10-18(11-9-17)25-32-23(4,5)24(6,7)33-25/h8-11,19H,12-16H2,1-7H3,(H,26,29). The van der Waals surface area contributed by atoms with Gasteiger partial charge in [0.2, 0.25) is 5.91 Å². The number of hydrogen-bond acceptors (Lipinski definition) is 6. The zero-order chi connectivity index (χ0) is 24.4. The molecule has 0 aliphatic carbocycles. The van der Waals surface area contributed by atoms with E-state index in [9.17, 15) is 9.59 Å². The number of hydrogen-bond donors (Lipinski definition) is 1. The summed E-state index contributed by atoms with van der Waals surface area (Å²) in [6, 6.07) is 7.04. The zero-order valence-electron chi connectivity index (χ0n) is 20.9. The third-order valence-corrected chi connectivity index (χ3v) is 6.26. The summed E-state index contributed by atoms with van der Waals surface area (Å²) in [5.41, 5.74) is 0.347. The molecule has 2 fully saturated rings. The lowest BCUT2D eigenvalue weighted by molar-refractivity contribution is -0.137. The van der Waals surface area contributed by atoms with Crippen molar-refractivity contribution >= 4 is 24.6 Å². The zero-order valence-corrected chi connectivity index (χ0v) is 20.9. The van der Waals surface area contributed by atoms with Crippen molar-refractivity contribution in [2.24, 2.45) is 0 Å². The van der Waals surface area contributed by atoms with Crippen LogP contribution in [0.15, 0.2) is 24.3 Å². The minimum Gasteiger partial charge on any atom is -0.444 e. The van der Waals surface area contributed by atoms with Crippen molar-refractivity contribution in [2.75, 3.05) is 26.3 Å². The summed E-state index contributed by atoms with van der Waals surface area (Å²) in [4.78, 5) is 27.3. The van der Waals surface area contributed by atoms with Gasteiger partial charge < -0.3 is 29.0 Å². The molecule has 1 atom stereocenters. The Morgan fingerprint density at radius 3 is 2.12 bits per heavy atom. The first kappa shape index (κ1) is 25.5. The second kappa shape index (κ2) is 9.64. The summed E-state index contributed by atoms with van der Waals surface area (Å²) >= 11 is 0. The first-order valence-electron chi connectivity index (χ1n) is 11.6. The lowest BCUT2D eigenvalue weighted by Gasteiger charge is -2.32. The van der Waals surface area contributed by atoms with E-state index in [1.807, 2.05) is 52.0 Å². The van der Waals surface area contributed by atoms with Crippen molar-refractivity contribution < 1.29 is 28.4 Å². The number of morpholine rings is 1. The number of carbonyl (C=O) groups is 2. The van der Waals surface area contributed by atoms with Crippen LogP contribution in [0.5, 0.6) is 0 Å². The van der Waals surface area contributed by atoms with Gasteiger partial charge in [-0.3, -0.25) is 4.79 Å². The fourth-order valence-electron chi connectivity index (χ4n) is 3.68. The van der Waals surface area contributed by atoms with Gasteiger partial charge in [-0.15, -0.1) is 0 Å². The summed E-state index contributed by atoms with van der Waals surface area (Å²) in [7, 11) is -0.449. The third-order valence-electron chi connectivity index (χ3n) is 6.26. The fraction of sp³-hybridized carbons (Fsp3) is 0.667. The van der Waals surface area contributed by atoms with Crippen LogP contribution in [0.4, 0.5) is 4.79 Å². The Kier molecular flexibility index (Phi) is 7.46. The van der Waals surface area contributed by atoms with Crippen LogP contribution in [-0.2, 0) is 30.0 Å². The second-order valence-electron chi connectivity index (χ2n) is 10.7. The molecule has 2 aliphatic heterocycles. The van der Waals surface area contributed by atoms with E-state index < -0.39 is 36.1 Å². The van der Waals surface area contributed by atoms with Gasteiger partial charge in [-0.1, -0.05) is 24.3 Å². The Morgan fingerprint density at radius 1 is 1.06 bits per heavy atom. The minimum atomic E-state index is -0.736. The number of amides is 2. The molecule has 9 heteroatoms. The lowest BCUT2D eigenvalue weighted by Crippen LogP contribution is -2.53. The molecule has 1 aromatic rings. The molecule has 182 valence electrons. The van der Waals surface area contributed by atoms with E-state index in [0.29, 0.717) is 32.7 Å². The van der Waals surface area contributed by atoms with Crippen LogP contribution in [0.2, 0.25) is 0 Å². The normalized spacial score (nSPS) is 20.9. The van der Waals surface area contributed by atoms with Crippen molar-refractivity contribution in [2.45, 2.75) is 77.7 Å². The summed E-state index contributed by atoms with van der Waals surface area (Å²) < 4.78 is 23.0. The smallest absolute Gasteiger partial charge is 0.444 e. The second-order valence-corrected chi connectivity index (χ2v) is 10.7. The van der Waals surface area contributed by atoms with E-state index >= 15 is 0 Å². The number of carbonyl (C=O) groups excluding carboxylic acids is 2. The number of ether oxygens (including phenoxy) is 2. The predicted molar refractivity (Wildman–Crippen MR) is 126 cm³/mol. The van der Waals surface area contributed by atoms with Crippen LogP contribution in [-0.4, -0.2) is 73.2 Å². The molecule has 3 rings (SSSR count). The van der Waals surface area contributed by atoms with Crippen molar-refractivity contribution in [3.05, 3.63) is 29.8 Å². The molecule has 2 aliphatic rings. The first-order valence-corrected chi connectivity index (χ1v) is 11.6. The number of alkyl carbamates (subject to hydrolysis) is 1. The van der Waals surface area contributed by atoms with E-state index in [1.165, 1.54) is 0 Å². The molecule has 0 saturated carbocycles. The topological polar surface area (TPSA) is 86.3 Å². The Labute approximate surface area is 197 Å². The highest BCUT2D eigenvalue weighted by atomic mass is 16.7. The maximum atomic E-state index is 13.2. The summed E-state index contributed by atoms with van der Waals surface area (Å²) in [6.07, 6.45) is -0.262. The number of benzene rings is 1. The van der Waals surface area contributed by atoms with Gasteiger partial charge in [-0.25, -0.2) is 4.79 Å². The average molecular weight is 460 g/mol. The molecule has 2 heterocycles. The minimum absolute atomic E-state index is 0.140. The van der Waals surface area contributed by atoms with E-state index in [0.717, 1.165) is 11.0 Å². The largest absolute Gasteiger partial charge is 0.494 e. The molecule has 1 aromatic carbocycles. The van der Waals surface area contributed by atoms with Crippen LogP contribution in [0.3, 0.4) is 0 Å². The molecule has 1 unspecified atom stereocenters. The van der Waals surface area contributed by atoms with Crippen LogP contribution in [0.1, 0.15) is 54.0 Å². The van der Waals surface area contributed by atoms with Crippen LogP contribution in [0, 0.1) is 0 Å². The van der Waals surface area contributed by atoms with E-state index in [-0.39, 0.29) is 5.91 Å². The molecular weight excluding hydrogens is 423 g/mol. The first-order chi connectivity index (χ1) is 15.3. The maximum absolute atomic E-state index is 13.2. The van der Waals surface area contributed by atoms with Gasteiger partial charge in [0.15, 0.2) is 0 Å². The molecule has 2 saturated heterocycles. The van der Waals surface area contributed by atoms with Crippen molar-refractivity contribution in [1.29, 1.82) is 0 Å². The molecule has 8 nitrogen and oxygen atoms in total. The van der Waals surface area contributed by atoms with Gasteiger partial charge in [-0.2, -0.15) is 0 Å². The van der Waals surface area contributed by atoms with Gasteiger partial charge in [0.1, 0.15) is 11.6 Å². The summed E-state index contributed by atoms with van der Waals surface area (Å²) in [5, 5.41) is 2.77. The molecule has 33 heavy (non-hydrogen) atoms. The molecule has 0 spiro atoms. The lowest BCUT2D eigenvalue weighted by atomic mass is 9.78. The molecular formula is C24H37BN2O6. The molecule has 0 bridgehead atoms. The monoisotopic (exact) mass is 460 g/mol. The summed E-state index contributed by atoms with van der Waals surface area (Å²) in [5.74, 6) is -0.140. The number of nitrogens with one attached hydrogen (secondary N) is 1. The Morgan fingerprint density at radius 2 is 1.61 bits per heavy atom. The summed E-state index contributed by atoms with van der Waals surface area (Å²) in [6.45, 7) is 15.5. The highest BCUT2D eigenvalue weighted by Gasteiger charge is 2.51. The Hall–Kier alpha value is -2.10. The molecule has 0 radical (unpaired) electrons. The van der Waals surface area contributed by atoms with Gasteiger partial charge >= 0.3 is 13.2 Å². The Balaban J connectivity index is 1.72. The quantitative estimate of drug-likeness (QED) is 0.679. The van der Waals surface area contributed by atoms with Crippen LogP contribution in [0.25, 0.3) is 0 Å². The maximum Gasteiger partial charge on any atom is 0.494 e. The number of nitrogens with zero attached hydrogens (tertiary/aromatic N) is 1. The van der Waals surface area contributed by atoms with Crippen molar-refractivity contribution in [1.82, 2.24) is 10.2 Å². The molecule has 2 amide bonds. The fourth-order valence-corrected chi connectivity index (χ4v) is 3.68. The SMILES string of the molecule is CC(C)(C)OC(=O)NC(Cc1ccc(B2OC(C)(C)C(C)(C)O2)cc1)C(=O)N1CCOCC1. The average Bonchev–Trinajstić information content (AvgIpc) is 2.94. The van der Waals surface area contributed by atoms with Gasteiger partial charge in [-0.05, 0) is 59.5 Å². The highest BCUT2D eigenvalue weighted by molar-refractivity contribution is 6.62. The molecule has 0 aromatic heterocycles. The number of rotatable bonds is 5. The Bertz CT molecular complexity index is 828. The van der Waals surface area contributed by atoms with E-state index in [2.05, 4.69) is 5.32 Å². The van der Waals surface area contributed by atoms with E-state index in [4.69, 9.17) is 18.8 Å². The van der Waals surface area contributed by atoms with Crippen LogP contribution >= 0.6 is 0 Å². The van der Waals surface area contributed by atoms with Gasteiger partial charge in [0.05, 0.1) is 24.4 Å². The third kappa shape index (κ3) is 6.49. The van der Waals surface area contributed by atoms with Crippen molar-refractivity contribution in [3.8, 4) is 0 Å².